The van der Waals surface area contributed by atoms with Crippen molar-refractivity contribution >= 4 is 5.91 Å². The molecular formula is C13H13F2N3O. The van der Waals surface area contributed by atoms with Crippen LogP contribution in [0.5, 0.6) is 0 Å². The SMILES string of the molecule is Cc1n[nH]c(C)c1C(=O)NCc1ccc(F)c(F)c1. The number of hydrogen-bond acceptors (Lipinski definition) is 2. The number of aromatic nitrogens is 2. The number of aryl methyl sites for hydroxylation is 2. The van der Waals surface area contributed by atoms with Gasteiger partial charge in [-0.3, -0.25) is 9.89 Å². The third kappa shape index (κ3) is 2.78. The van der Waals surface area contributed by atoms with Gasteiger partial charge in [-0.2, -0.15) is 5.10 Å². The van der Waals surface area contributed by atoms with Crippen molar-refractivity contribution in [3.05, 3.63) is 52.3 Å². The van der Waals surface area contributed by atoms with Crippen LogP contribution in [-0.4, -0.2) is 16.1 Å². The van der Waals surface area contributed by atoms with Crippen LogP contribution < -0.4 is 5.32 Å². The Hall–Kier alpha value is -2.24. The van der Waals surface area contributed by atoms with Gasteiger partial charge in [0.25, 0.3) is 5.91 Å². The van der Waals surface area contributed by atoms with Crippen LogP contribution >= 0.6 is 0 Å². The summed E-state index contributed by atoms with van der Waals surface area (Å²) >= 11 is 0. The molecule has 0 saturated heterocycles. The van der Waals surface area contributed by atoms with Gasteiger partial charge in [0.2, 0.25) is 0 Å². The Bertz CT molecular complexity index is 603. The zero-order chi connectivity index (χ0) is 14.0. The van der Waals surface area contributed by atoms with Gasteiger partial charge in [-0.05, 0) is 31.5 Å². The predicted octanol–water partition coefficient (Wildman–Crippen LogP) is 2.23. The highest BCUT2D eigenvalue weighted by molar-refractivity contribution is 5.96. The maximum Gasteiger partial charge on any atom is 0.255 e. The molecule has 0 aliphatic heterocycles. The Labute approximate surface area is 108 Å². The minimum Gasteiger partial charge on any atom is -0.348 e. The number of carbonyl (C=O) groups is 1. The van der Waals surface area contributed by atoms with E-state index < -0.39 is 11.6 Å². The molecule has 0 unspecified atom stereocenters. The van der Waals surface area contributed by atoms with E-state index in [0.717, 1.165) is 12.1 Å². The van der Waals surface area contributed by atoms with Crippen molar-refractivity contribution in [2.75, 3.05) is 0 Å². The van der Waals surface area contributed by atoms with Gasteiger partial charge in [-0.15, -0.1) is 0 Å². The standard InChI is InChI=1S/C13H13F2N3O/c1-7-12(8(2)18-17-7)13(19)16-6-9-3-4-10(14)11(15)5-9/h3-5H,6H2,1-2H3,(H,16,19)(H,17,18). The summed E-state index contributed by atoms with van der Waals surface area (Å²) < 4.78 is 25.8. The highest BCUT2D eigenvalue weighted by atomic mass is 19.2. The molecule has 0 spiro atoms. The first-order chi connectivity index (χ1) is 8.99. The van der Waals surface area contributed by atoms with Crippen molar-refractivity contribution in [3.8, 4) is 0 Å². The molecule has 0 saturated carbocycles. The molecule has 2 aromatic rings. The molecular weight excluding hydrogens is 252 g/mol. The molecule has 2 rings (SSSR count). The van der Waals surface area contributed by atoms with E-state index in [4.69, 9.17) is 0 Å². The molecule has 1 heterocycles. The van der Waals surface area contributed by atoms with Crippen LogP contribution in [0.4, 0.5) is 8.78 Å². The van der Waals surface area contributed by atoms with Crippen molar-refractivity contribution in [2.24, 2.45) is 0 Å². The van der Waals surface area contributed by atoms with Gasteiger partial charge in [0.15, 0.2) is 11.6 Å². The summed E-state index contributed by atoms with van der Waals surface area (Å²) in [6.07, 6.45) is 0. The summed E-state index contributed by atoms with van der Waals surface area (Å²) in [7, 11) is 0. The van der Waals surface area contributed by atoms with Crippen molar-refractivity contribution in [1.82, 2.24) is 15.5 Å². The van der Waals surface area contributed by atoms with Gasteiger partial charge in [0, 0.05) is 12.2 Å². The lowest BCUT2D eigenvalue weighted by atomic mass is 10.1. The zero-order valence-corrected chi connectivity index (χ0v) is 10.6. The van der Waals surface area contributed by atoms with E-state index in [9.17, 15) is 13.6 Å². The quantitative estimate of drug-likeness (QED) is 0.894. The highest BCUT2D eigenvalue weighted by Gasteiger charge is 2.14. The molecule has 6 heteroatoms. The molecule has 1 amide bonds. The molecule has 100 valence electrons. The van der Waals surface area contributed by atoms with Gasteiger partial charge >= 0.3 is 0 Å². The Balaban J connectivity index is 2.06. The van der Waals surface area contributed by atoms with Crippen LogP contribution in [0.15, 0.2) is 18.2 Å². The first kappa shape index (κ1) is 13.2. The largest absolute Gasteiger partial charge is 0.348 e. The lowest BCUT2D eigenvalue weighted by Crippen LogP contribution is -2.24. The molecule has 1 aromatic carbocycles. The van der Waals surface area contributed by atoms with E-state index in [1.54, 1.807) is 13.8 Å². The first-order valence-electron chi connectivity index (χ1n) is 5.72. The lowest BCUT2D eigenvalue weighted by Gasteiger charge is -2.06. The number of halogens is 2. The number of carbonyl (C=O) groups excluding carboxylic acids is 1. The number of nitrogens with one attached hydrogen (secondary N) is 2. The minimum absolute atomic E-state index is 0.125. The molecule has 2 N–H and O–H groups in total. The van der Waals surface area contributed by atoms with Crippen LogP contribution in [0, 0.1) is 25.5 Å². The molecule has 0 bridgehead atoms. The summed E-state index contributed by atoms with van der Waals surface area (Å²) in [6.45, 7) is 3.59. The molecule has 0 fully saturated rings. The summed E-state index contributed by atoms with van der Waals surface area (Å²) in [5, 5.41) is 9.28. The van der Waals surface area contributed by atoms with Gasteiger partial charge in [0.05, 0.1) is 11.3 Å². The number of amides is 1. The number of H-pyrrole nitrogens is 1. The Morgan fingerprint density at radius 1 is 1.32 bits per heavy atom. The molecule has 19 heavy (non-hydrogen) atoms. The van der Waals surface area contributed by atoms with Crippen LogP contribution in [0.3, 0.4) is 0 Å². The minimum atomic E-state index is -0.928. The van der Waals surface area contributed by atoms with E-state index >= 15 is 0 Å². The Kier molecular flexibility index (Phi) is 3.59. The smallest absolute Gasteiger partial charge is 0.255 e. The topological polar surface area (TPSA) is 57.8 Å². The maximum atomic E-state index is 13.0. The van der Waals surface area contributed by atoms with Gasteiger partial charge in [-0.1, -0.05) is 6.07 Å². The molecule has 0 aliphatic rings. The number of aromatic amines is 1. The second kappa shape index (κ2) is 5.17. The second-order valence-corrected chi connectivity index (χ2v) is 4.24. The average Bonchev–Trinajstić information content (AvgIpc) is 2.70. The molecule has 0 atom stereocenters. The van der Waals surface area contributed by atoms with Crippen LogP contribution in [0.1, 0.15) is 27.3 Å². The monoisotopic (exact) mass is 265 g/mol. The average molecular weight is 265 g/mol. The number of benzene rings is 1. The van der Waals surface area contributed by atoms with Crippen molar-refractivity contribution < 1.29 is 13.6 Å². The third-order valence-corrected chi connectivity index (χ3v) is 2.79. The van der Waals surface area contributed by atoms with Crippen molar-refractivity contribution in [1.29, 1.82) is 0 Å². The van der Waals surface area contributed by atoms with Gasteiger partial charge in [-0.25, -0.2) is 8.78 Å². The van der Waals surface area contributed by atoms with E-state index in [-0.39, 0.29) is 12.5 Å². The van der Waals surface area contributed by atoms with E-state index in [1.165, 1.54) is 6.07 Å². The van der Waals surface area contributed by atoms with Crippen molar-refractivity contribution in [2.45, 2.75) is 20.4 Å². The summed E-state index contributed by atoms with van der Waals surface area (Å²) in [4.78, 5) is 11.9. The Morgan fingerprint density at radius 2 is 2.05 bits per heavy atom. The van der Waals surface area contributed by atoms with Crippen LogP contribution in [0.2, 0.25) is 0 Å². The summed E-state index contributed by atoms with van der Waals surface area (Å²) in [5.74, 6) is -2.13. The van der Waals surface area contributed by atoms with Crippen LogP contribution in [-0.2, 0) is 6.54 Å². The van der Waals surface area contributed by atoms with Crippen LogP contribution in [0.25, 0.3) is 0 Å². The third-order valence-electron chi connectivity index (χ3n) is 2.79. The lowest BCUT2D eigenvalue weighted by molar-refractivity contribution is 0.0949. The number of nitrogens with zero attached hydrogens (tertiary/aromatic N) is 1. The molecule has 0 radical (unpaired) electrons. The fourth-order valence-corrected chi connectivity index (χ4v) is 1.81. The van der Waals surface area contributed by atoms with E-state index in [1.807, 2.05) is 0 Å². The maximum absolute atomic E-state index is 13.0. The molecule has 4 nitrogen and oxygen atoms in total. The predicted molar refractivity (Wildman–Crippen MR) is 65.6 cm³/mol. The fourth-order valence-electron chi connectivity index (χ4n) is 1.81. The van der Waals surface area contributed by atoms with Gasteiger partial charge in [0.1, 0.15) is 0 Å². The summed E-state index contributed by atoms with van der Waals surface area (Å²) in [5.41, 5.74) is 2.23. The van der Waals surface area contributed by atoms with E-state index in [2.05, 4.69) is 15.5 Å². The molecule has 0 aliphatic carbocycles. The second-order valence-electron chi connectivity index (χ2n) is 4.24. The van der Waals surface area contributed by atoms with Crippen molar-refractivity contribution in [3.63, 3.8) is 0 Å². The highest BCUT2D eigenvalue weighted by Crippen LogP contribution is 2.11. The molecule has 1 aromatic heterocycles. The zero-order valence-electron chi connectivity index (χ0n) is 10.6. The fraction of sp³-hybridized carbons (Fsp3) is 0.231. The number of rotatable bonds is 3. The van der Waals surface area contributed by atoms with Gasteiger partial charge < -0.3 is 5.32 Å². The first-order valence-corrected chi connectivity index (χ1v) is 5.72. The van der Waals surface area contributed by atoms with E-state index in [0.29, 0.717) is 22.5 Å². The Morgan fingerprint density at radius 3 is 2.63 bits per heavy atom. The normalized spacial score (nSPS) is 10.5. The number of hydrogen-bond donors (Lipinski definition) is 2. The summed E-state index contributed by atoms with van der Waals surface area (Å²) in [6, 6.07) is 3.52.